The molecule has 3 saturated heterocycles. The summed E-state index contributed by atoms with van der Waals surface area (Å²) in [4.78, 5) is 235. The third-order valence-electron chi connectivity index (χ3n) is 24.8. The minimum absolute atomic E-state index is 0.00618. The minimum atomic E-state index is -1.85. The van der Waals surface area contributed by atoms with Crippen LogP contribution in [0.25, 0.3) is 10.9 Å². The van der Waals surface area contributed by atoms with Crippen LogP contribution in [-0.2, 0) is 117 Å². The van der Waals surface area contributed by atoms with Gasteiger partial charge in [0, 0.05) is 115 Å². The first-order valence-corrected chi connectivity index (χ1v) is 47.0. The number of hydrogen-bond donors (Lipinski definition) is 16. The number of halogens is 3. The van der Waals surface area contributed by atoms with E-state index in [1.54, 1.807) is 129 Å². The second kappa shape index (κ2) is 50.5. The number of amides is 15. The Hall–Kier alpha value is -13.3. The largest absolute Gasteiger partial charge is 0.508 e. The number of nitrogens with one attached hydrogen (secondary N) is 10. The summed E-state index contributed by atoms with van der Waals surface area (Å²) in [6.45, 7) is 3.49. The lowest BCUT2D eigenvalue weighted by Gasteiger charge is -2.38. The molecule has 36 nitrogen and oxygen atoms in total. The zero-order chi connectivity index (χ0) is 99.4. The summed E-state index contributed by atoms with van der Waals surface area (Å²) in [5, 5.41) is 46.9. The van der Waals surface area contributed by atoms with Gasteiger partial charge in [0.05, 0.1) is 18.4 Å². The summed E-state index contributed by atoms with van der Waals surface area (Å²) in [6.07, 6.45) is -0.975. The van der Waals surface area contributed by atoms with Crippen LogP contribution in [0.15, 0.2) is 152 Å². The van der Waals surface area contributed by atoms with Gasteiger partial charge in [-0.05, 0) is 120 Å². The Morgan fingerprint density at radius 2 is 1.04 bits per heavy atom. The average molecular weight is 1920 g/mol. The molecule has 7 aromatic rings. The van der Waals surface area contributed by atoms with Gasteiger partial charge in [-0.3, -0.25) is 71.9 Å². The quantitative estimate of drug-likeness (QED) is 0.0281. The number of phenols is 1. The maximum Gasteiger partial charge on any atom is 0.246 e. The molecule has 0 bridgehead atoms. The van der Waals surface area contributed by atoms with E-state index in [2.05, 4.69) is 52.8 Å². The molecule has 4 heterocycles. The number of primary amides is 1. The summed E-state index contributed by atoms with van der Waals surface area (Å²) >= 11 is 0.678. The second-order valence-electron chi connectivity index (χ2n) is 35.2. The van der Waals surface area contributed by atoms with Gasteiger partial charge in [-0.15, -0.1) is 11.8 Å². The van der Waals surface area contributed by atoms with Gasteiger partial charge in [0.15, 0.2) is 17.5 Å². The smallest absolute Gasteiger partial charge is 0.246 e. The number of rotatable bonds is 25. The maximum atomic E-state index is 15.9. The van der Waals surface area contributed by atoms with Crippen LogP contribution in [0.1, 0.15) is 118 Å². The summed E-state index contributed by atoms with van der Waals surface area (Å²) < 4.78 is 45.2. The number of phenolic OH excluding ortho intramolecular Hbond substituents is 1. The van der Waals surface area contributed by atoms with Crippen molar-refractivity contribution >= 4 is 111 Å². The highest BCUT2D eigenvalue weighted by Gasteiger charge is 2.47. The number of aromatic hydroxyl groups is 1. The number of likely N-dealkylation sites (N-methyl/N-ethyl adjacent to an activating group) is 3. The van der Waals surface area contributed by atoms with Crippen molar-refractivity contribution in [3.8, 4) is 5.75 Å². The Kier molecular flexibility index (Phi) is 39.0. The van der Waals surface area contributed by atoms with Crippen LogP contribution in [0.2, 0.25) is 0 Å². The number of unbranched alkanes of at least 4 members (excludes halogenated alkanes) is 2. The molecule has 6 aromatic carbocycles. The monoisotopic (exact) mass is 1920 g/mol. The molecule has 14 atom stereocenters. The van der Waals surface area contributed by atoms with Crippen LogP contribution in [0.5, 0.6) is 5.75 Å². The zero-order valence-corrected chi connectivity index (χ0v) is 78.3. The van der Waals surface area contributed by atoms with E-state index in [1.165, 1.54) is 50.3 Å². The highest BCUT2D eigenvalue weighted by Crippen LogP contribution is 2.29. The Bertz CT molecular complexity index is 5400. The number of fused-ring (bicyclic) bond motifs is 3. The summed E-state index contributed by atoms with van der Waals surface area (Å²) in [6, 6.07) is 17.0. The molecule has 40 heteroatoms. The van der Waals surface area contributed by atoms with Crippen molar-refractivity contribution in [3.63, 3.8) is 0 Å². The Labute approximate surface area is 796 Å². The number of H-pyrrole nitrogens is 1. The number of aliphatic hydroxyl groups excluding tert-OH is 1. The fourth-order valence-electron chi connectivity index (χ4n) is 17.1. The average Bonchev–Trinajstić information content (AvgIpc) is 1.63. The zero-order valence-electron chi connectivity index (χ0n) is 77.5. The van der Waals surface area contributed by atoms with Gasteiger partial charge in [0.1, 0.15) is 84.3 Å². The SMILES string of the molecule is CCCC[C@H]1C(=O)N2CCC[C@@H]2C(=O)N[C@@H](CN)C(=O)N[C@@H](C(C)C)C(=O)N(C)[C@@H](Cc2ccccc2)C(=O)N[C@@H](Cc2ccc(CN)cc2)C(=O)N2C[C@@H](O)C[C@@H]2C(=O)N[C@@H](Cc2c[nH]c3ccccc23)C(=O)N[C@@H](Cc2ccc(O)cc2)C(=O)N[C@@H](CCCCN)C(=O)N[C@H](C(=O)NCC(N)=O)CSCC(=O)N[C@@H](Cc2cc(F)c(F)c(F)c2)C(=O)N(C)[C@@H](Cc2ccccc2)C(=O)N1C. The molecule has 15 amide bonds. The maximum absolute atomic E-state index is 15.9. The number of para-hydroxylation sites is 1. The number of aromatic nitrogens is 1. The molecule has 10 rings (SSSR count). The number of carbonyl (C=O) groups is 15. The molecule has 0 aliphatic carbocycles. The first kappa shape index (κ1) is 106. The molecule has 137 heavy (non-hydrogen) atoms. The number of aromatic amines is 1. The molecule has 0 saturated carbocycles. The van der Waals surface area contributed by atoms with Gasteiger partial charge in [-0.1, -0.05) is 149 Å². The van der Waals surface area contributed by atoms with E-state index in [4.69, 9.17) is 22.9 Å². The summed E-state index contributed by atoms with van der Waals surface area (Å²) in [5.74, 6) is -21.4. The van der Waals surface area contributed by atoms with Gasteiger partial charge in [-0.25, -0.2) is 13.2 Å². The van der Waals surface area contributed by atoms with Crippen LogP contribution < -0.4 is 70.8 Å². The molecule has 3 aliphatic heterocycles. The van der Waals surface area contributed by atoms with Gasteiger partial charge >= 0.3 is 0 Å². The van der Waals surface area contributed by atoms with Crippen molar-refractivity contribution in [3.05, 3.63) is 208 Å². The molecular formula is C97H124F3N19O17S. The van der Waals surface area contributed by atoms with Crippen molar-refractivity contribution in [2.45, 2.75) is 208 Å². The van der Waals surface area contributed by atoms with E-state index in [-0.39, 0.29) is 102 Å². The number of carbonyl (C=O) groups excluding carboxylic acids is 15. The van der Waals surface area contributed by atoms with Crippen LogP contribution in [-0.4, -0.2) is 278 Å². The van der Waals surface area contributed by atoms with E-state index in [1.807, 2.05) is 6.92 Å². The number of benzene rings is 6. The minimum Gasteiger partial charge on any atom is -0.508 e. The lowest BCUT2D eigenvalue weighted by Crippen LogP contribution is -2.62. The van der Waals surface area contributed by atoms with Crippen LogP contribution in [0, 0.1) is 23.4 Å². The number of nitrogens with zero attached hydrogens (tertiary/aromatic N) is 5. The van der Waals surface area contributed by atoms with Crippen molar-refractivity contribution in [1.82, 2.24) is 77.3 Å². The number of hydrogen-bond acceptors (Lipinski definition) is 21. The summed E-state index contributed by atoms with van der Waals surface area (Å²) in [5.41, 5.74) is 27.1. The molecule has 0 radical (unpaired) electrons. The van der Waals surface area contributed by atoms with Crippen molar-refractivity contribution < 1.29 is 95.3 Å². The predicted octanol–water partition coefficient (Wildman–Crippen LogP) is 1.10. The normalized spacial score (nSPS) is 23.8. The predicted molar refractivity (Wildman–Crippen MR) is 504 cm³/mol. The van der Waals surface area contributed by atoms with Gasteiger partial charge in [0.25, 0.3) is 0 Å². The number of aliphatic hydroxyl groups is 1. The lowest BCUT2D eigenvalue weighted by atomic mass is 9.98. The Balaban J connectivity index is 1.06. The van der Waals surface area contributed by atoms with Crippen LogP contribution >= 0.6 is 11.8 Å². The van der Waals surface area contributed by atoms with E-state index >= 15 is 56.7 Å². The molecular weight excluding hydrogens is 1790 g/mol. The van der Waals surface area contributed by atoms with E-state index in [0.717, 1.165) is 19.6 Å². The second-order valence-corrected chi connectivity index (χ2v) is 36.2. The van der Waals surface area contributed by atoms with Gasteiger partial charge in [0.2, 0.25) is 88.6 Å². The molecule has 3 aliphatic rings. The fourth-order valence-corrected chi connectivity index (χ4v) is 18.0. The first-order valence-electron chi connectivity index (χ1n) is 45.9. The van der Waals surface area contributed by atoms with Crippen molar-refractivity contribution in [2.75, 3.05) is 65.4 Å². The van der Waals surface area contributed by atoms with Gasteiger partial charge < -0.3 is 110 Å². The molecule has 0 unspecified atom stereocenters. The van der Waals surface area contributed by atoms with Crippen LogP contribution in [0.3, 0.4) is 0 Å². The molecule has 20 N–H and O–H groups in total. The topological polar surface area (TPSA) is 541 Å². The molecule has 3 fully saturated rings. The molecule has 1 aromatic heterocycles. The summed E-state index contributed by atoms with van der Waals surface area (Å²) in [7, 11) is 3.89. The number of nitrogens with two attached hydrogens (primary N) is 4. The van der Waals surface area contributed by atoms with Crippen LogP contribution in [0.4, 0.5) is 13.2 Å². The standard InChI is InChI=1S/C97H124F3N19O17S/c1-7-8-27-77-96(135)118-38-19-28-76(118)90(129)112-74(49-103)89(128)114-84(55(2)3)97(136)116(5)78(44-56-20-11-9-12-21-56)91(130)111-73(42-58-29-31-60(48-102)32-30-58)94(133)119-52-64(121)47-79(119)92(131)110-71(46-62-50-105-68-25-16-15-24-65(62)68)88(127)109-70(41-59-33-35-63(120)36-34-59)87(126)108-69(26-17-18-37-101)86(125)113-75(85(124)106-51-81(104)122)53-137-54-82(123)107-72(43-61-39-66(98)83(100)67(99)40-61)93(132)117(6)80(95(134)115(77)4)45-57-22-13-10-14-23-57/h9-16,20-25,29-36,39-40,50,55,64,69-80,84,105,120-121H,7-8,17-19,26-28,37-38,41-49,51-54,101-103H2,1-6H3,(H2,104,122)(H,106,124)(H,107,123)(H,108,126)(H,109,127)(H,110,131)(H,111,130)(H,112,129)(H,113,125)(H,114,128)/t64-,69-,70-,71-,72-,73-,74-,75-,76+,77-,78-,79+,80-,84-/m0/s1. The van der Waals surface area contributed by atoms with E-state index in [9.17, 15) is 38.6 Å². The Morgan fingerprint density at radius 3 is 1.66 bits per heavy atom. The highest BCUT2D eigenvalue weighted by molar-refractivity contribution is 8.00. The molecule has 0 spiro atoms. The van der Waals surface area contributed by atoms with Crippen molar-refractivity contribution in [1.29, 1.82) is 0 Å². The number of thioether (sulfide) groups is 1. The lowest BCUT2D eigenvalue weighted by molar-refractivity contribution is -0.152. The fraction of sp³-hybridized carbons (Fsp3) is 0.454. The van der Waals surface area contributed by atoms with E-state index in [0.29, 0.717) is 81.0 Å². The first-order chi connectivity index (χ1) is 65.5. The highest BCUT2D eigenvalue weighted by atomic mass is 32.2. The third kappa shape index (κ3) is 28.9. The third-order valence-corrected chi connectivity index (χ3v) is 25.9. The molecule has 736 valence electrons. The van der Waals surface area contributed by atoms with E-state index < -0.39 is 241 Å². The van der Waals surface area contributed by atoms with Crippen molar-refractivity contribution in [2.24, 2.45) is 28.9 Å². The Morgan fingerprint density at radius 1 is 0.511 bits per heavy atom. The van der Waals surface area contributed by atoms with Gasteiger partial charge in [-0.2, -0.15) is 0 Å².